The number of nitrogens with two attached hydrogens (primary N) is 1. The Bertz CT molecular complexity index is 278. The first-order valence-electron chi connectivity index (χ1n) is 6.08. The number of hydrogen-bond donors (Lipinski definition) is 1. The number of rotatable bonds is 6. The van der Waals surface area contributed by atoms with Crippen LogP contribution in [0.1, 0.15) is 51.6 Å². The van der Waals surface area contributed by atoms with Gasteiger partial charge in [-0.15, -0.1) is 0 Å². The van der Waals surface area contributed by atoms with Crippen molar-refractivity contribution < 1.29 is 0 Å². The Morgan fingerprint density at radius 2 is 2.13 bits per heavy atom. The van der Waals surface area contributed by atoms with Crippen LogP contribution in [0.3, 0.4) is 0 Å². The summed E-state index contributed by atoms with van der Waals surface area (Å²) in [6.07, 6.45) is 7.81. The molecule has 2 atom stereocenters. The Labute approximate surface area is 93.5 Å². The van der Waals surface area contributed by atoms with E-state index in [1.54, 1.807) is 0 Å². The van der Waals surface area contributed by atoms with Crippen molar-refractivity contribution in [3.63, 3.8) is 0 Å². The van der Waals surface area contributed by atoms with Crippen molar-refractivity contribution >= 4 is 0 Å². The van der Waals surface area contributed by atoms with Crippen molar-refractivity contribution in [1.82, 2.24) is 4.57 Å². The monoisotopic (exact) mass is 208 g/mol. The topological polar surface area (TPSA) is 30.9 Å². The number of hydrogen-bond acceptors (Lipinski definition) is 1. The molecule has 2 N–H and O–H groups in total. The van der Waals surface area contributed by atoms with Crippen LogP contribution in [-0.4, -0.2) is 4.57 Å². The van der Waals surface area contributed by atoms with Crippen LogP contribution in [0.4, 0.5) is 0 Å². The van der Waals surface area contributed by atoms with E-state index in [2.05, 4.69) is 43.8 Å². The van der Waals surface area contributed by atoms with Crippen molar-refractivity contribution in [3.05, 3.63) is 24.0 Å². The van der Waals surface area contributed by atoms with E-state index < -0.39 is 0 Å². The lowest BCUT2D eigenvalue weighted by Gasteiger charge is -2.10. The average Bonchev–Trinajstić information content (AvgIpc) is 2.66. The summed E-state index contributed by atoms with van der Waals surface area (Å²) in [4.78, 5) is 0. The molecule has 0 saturated carbocycles. The van der Waals surface area contributed by atoms with E-state index in [9.17, 15) is 0 Å². The molecular weight excluding hydrogens is 184 g/mol. The molecule has 1 aromatic rings. The third-order valence-electron chi connectivity index (χ3n) is 3.02. The molecule has 86 valence electrons. The fourth-order valence-electron chi connectivity index (χ4n) is 1.76. The molecule has 2 unspecified atom stereocenters. The van der Waals surface area contributed by atoms with Crippen LogP contribution in [0, 0.1) is 5.92 Å². The minimum absolute atomic E-state index is 0.216. The van der Waals surface area contributed by atoms with E-state index >= 15 is 0 Å². The zero-order chi connectivity index (χ0) is 11.3. The van der Waals surface area contributed by atoms with E-state index in [1.165, 1.54) is 12.0 Å². The molecule has 0 aliphatic carbocycles. The van der Waals surface area contributed by atoms with E-state index in [0.717, 1.165) is 25.3 Å². The number of nitrogens with zero attached hydrogens (tertiary/aromatic N) is 1. The molecule has 1 aromatic heterocycles. The van der Waals surface area contributed by atoms with Crippen LogP contribution in [-0.2, 0) is 6.54 Å². The summed E-state index contributed by atoms with van der Waals surface area (Å²) in [5.74, 6) is 0.743. The maximum atomic E-state index is 6.07. The quantitative estimate of drug-likeness (QED) is 0.763. The average molecular weight is 208 g/mol. The lowest BCUT2D eigenvalue weighted by molar-refractivity contribution is 0.468. The maximum Gasteiger partial charge on any atom is 0.0309 e. The molecule has 0 saturated heterocycles. The highest BCUT2D eigenvalue weighted by molar-refractivity contribution is 5.14. The van der Waals surface area contributed by atoms with Gasteiger partial charge in [0.15, 0.2) is 0 Å². The fourth-order valence-corrected chi connectivity index (χ4v) is 1.76. The standard InChI is InChI=1S/C13H24N2/c1-4-6-13(14)12-7-8-15(10-12)9-11(3)5-2/h7-8,10-11,13H,4-6,9,14H2,1-3H3. The summed E-state index contributed by atoms with van der Waals surface area (Å²) in [5.41, 5.74) is 7.35. The summed E-state index contributed by atoms with van der Waals surface area (Å²) in [6.45, 7) is 7.80. The Morgan fingerprint density at radius 3 is 2.73 bits per heavy atom. The summed E-state index contributed by atoms with van der Waals surface area (Å²) in [6, 6.07) is 2.37. The summed E-state index contributed by atoms with van der Waals surface area (Å²) in [5, 5.41) is 0. The summed E-state index contributed by atoms with van der Waals surface area (Å²) >= 11 is 0. The van der Waals surface area contributed by atoms with Crippen LogP contribution in [0.15, 0.2) is 18.5 Å². The zero-order valence-electron chi connectivity index (χ0n) is 10.2. The van der Waals surface area contributed by atoms with Gasteiger partial charge in [-0.3, -0.25) is 0 Å². The molecule has 2 nitrogen and oxygen atoms in total. The molecule has 2 heteroatoms. The SMILES string of the molecule is CCCC(N)c1ccn(CC(C)CC)c1. The second-order valence-electron chi connectivity index (χ2n) is 4.55. The van der Waals surface area contributed by atoms with Crippen molar-refractivity contribution in [3.8, 4) is 0 Å². The lowest BCUT2D eigenvalue weighted by Crippen LogP contribution is -2.09. The van der Waals surface area contributed by atoms with Gasteiger partial charge < -0.3 is 10.3 Å². The second-order valence-corrected chi connectivity index (χ2v) is 4.55. The highest BCUT2D eigenvalue weighted by atomic mass is 14.9. The Balaban J connectivity index is 2.55. The van der Waals surface area contributed by atoms with Crippen molar-refractivity contribution in [2.45, 2.75) is 52.6 Å². The third-order valence-corrected chi connectivity index (χ3v) is 3.02. The van der Waals surface area contributed by atoms with Gasteiger partial charge in [0, 0.05) is 25.0 Å². The van der Waals surface area contributed by atoms with Gasteiger partial charge in [0.2, 0.25) is 0 Å². The van der Waals surface area contributed by atoms with Crippen molar-refractivity contribution in [2.24, 2.45) is 11.7 Å². The summed E-state index contributed by atoms with van der Waals surface area (Å²) < 4.78 is 2.26. The van der Waals surface area contributed by atoms with Gasteiger partial charge in [0.1, 0.15) is 0 Å². The minimum atomic E-state index is 0.216. The van der Waals surface area contributed by atoms with Crippen molar-refractivity contribution in [2.75, 3.05) is 0 Å². The van der Waals surface area contributed by atoms with Gasteiger partial charge in [0.25, 0.3) is 0 Å². The molecule has 1 rings (SSSR count). The molecular formula is C13H24N2. The molecule has 0 bridgehead atoms. The first-order valence-corrected chi connectivity index (χ1v) is 6.08. The van der Waals surface area contributed by atoms with Crippen LogP contribution >= 0.6 is 0 Å². The van der Waals surface area contributed by atoms with Crippen LogP contribution < -0.4 is 5.73 Å². The van der Waals surface area contributed by atoms with Crippen molar-refractivity contribution in [1.29, 1.82) is 0 Å². The molecule has 0 amide bonds. The van der Waals surface area contributed by atoms with E-state index in [4.69, 9.17) is 5.73 Å². The largest absolute Gasteiger partial charge is 0.354 e. The van der Waals surface area contributed by atoms with Gasteiger partial charge in [-0.2, -0.15) is 0 Å². The van der Waals surface area contributed by atoms with E-state index in [-0.39, 0.29) is 6.04 Å². The highest BCUT2D eigenvalue weighted by Gasteiger charge is 2.07. The Kier molecular flexibility index (Phi) is 4.89. The van der Waals surface area contributed by atoms with Gasteiger partial charge in [0.05, 0.1) is 0 Å². The molecule has 15 heavy (non-hydrogen) atoms. The van der Waals surface area contributed by atoms with Crippen LogP contribution in [0.25, 0.3) is 0 Å². The van der Waals surface area contributed by atoms with E-state index in [0.29, 0.717) is 0 Å². The highest BCUT2D eigenvalue weighted by Crippen LogP contribution is 2.17. The molecule has 0 radical (unpaired) electrons. The predicted molar refractivity (Wildman–Crippen MR) is 65.7 cm³/mol. The first kappa shape index (κ1) is 12.3. The molecule has 0 fully saturated rings. The predicted octanol–water partition coefficient (Wildman–Crippen LogP) is 3.33. The molecule has 0 spiro atoms. The first-order chi connectivity index (χ1) is 7.17. The van der Waals surface area contributed by atoms with E-state index in [1.807, 2.05) is 0 Å². The Morgan fingerprint density at radius 1 is 1.40 bits per heavy atom. The van der Waals surface area contributed by atoms with Gasteiger partial charge >= 0.3 is 0 Å². The van der Waals surface area contributed by atoms with Gasteiger partial charge in [-0.25, -0.2) is 0 Å². The lowest BCUT2D eigenvalue weighted by atomic mass is 10.1. The van der Waals surface area contributed by atoms with Gasteiger partial charge in [-0.1, -0.05) is 33.6 Å². The third kappa shape index (κ3) is 3.71. The zero-order valence-corrected chi connectivity index (χ0v) is 10.2. The second kappa shape index (κ2) is 5.96. The molecule has 1 heterocycles. The molecule has 0 aromatic carbocycles. The molecule has 0 aliphatic rings. The Hall–Kier alpha value is -0.760. The number of aromatic nitrogens is 1. The molecule has 0 aliphatic heterocycles. The fraction of sp³-hybridized carbons (Fsp3) is 0.692. The summed E-state index contributed by atoms with van der Waals surface area (Å²) in [7, 11) is 0. The maximum absolute atomic E-state index is 6.07. The minimum Gasteiger partial charge on any atom is -0.354 e. The van der Waals surface area contributed by atoms with Crippen LogP contribution in [0.2, 0.25) is 0 Å². The van der Waals surface area contributed by atoms with Crippen LogP contribution in [0.5, 0.6) is 0 Å². The van der Waals surface area contributed by atoms with Gasteiger partial charge in [-0.05, 0) is 24.0 Å². The normalized spacial score (nSPS) is 15.2. The smallest absolute Gasteiger partial charge is 0.0309 e.